The zero-order valence-electron chi connectivity index (χ0n) is 11.6. The van der Waals surface area contributed by atoms with Crippen LogP contribution in [0.25, 0.3) is 0 Å². The van der Waals surface area contributed by atoms with E-state index in [-0.39, 0.29) is 0 Å². The number of aryl methyl sites for hydroxylation is 1. The highest BCUT2D eigenvalue weighted by molar-refractivity contribution is 7.89. The summed E-state index contributed by atoms with van der Waals surface area (Å²) in [7, 11) is -3.44. The molecule has 0 amide bonds. The van der Waals surface area contributed by atoms with Gasteiger partial charge in [-0.15, -0.1) is 0 Å². The van der Waals surface area contributed by atoms with Crippen LogP contribution in [0.15, 0.2) is 17.0 Å². The van der Waals surface area contributed by atoms with Gasteiger partial charge in [0.05, 0.1) is 4.90 Å². The Balaban J connectivity index is 2.05. The average Bonchev–Trinajstić information content (AvgIpc) is 3.13. The van der Waals surface area contributed by atoms with Crippen molar-refractivity contribution < 1.29 is 8.42 Å². The van der Waals surface area contributed by atoms with Crippen LogP contribution in [0.1, 0.15) is 36.8 Å². The lowest BCUT2D eigenvalue weighted by molar-refractivity contribution is 0.572. The number of rotatable bonds is 6. The van der Waals surface area contributed by atoms with Gasteiger partial charge in [0.2, 0.25) is 10.0 Å². The first-order valence-corrected chi connectivity index (χ1v) is 8.25. The quantitative estimate of drug-likeness (QED) is 0.621. The van der Waals surface area contributed by atoms with Crippen molar-refractivity contribution in [2.24, 2.45) is 5.92 Å². The zero-order chi connectivity index (χ0) is 14.0. The Morgan fingerprint density at radius 2 is 2.00 bits per heavy atom. The SMILES string of the molecule is Cc1cc(N)cc(S(=O)(=O)NCCCC2CC2)c1C. The molecule has 1 aromatic rings. The highest BCUT2D eigenvalue weighted by Gasteiger charge is 2.21. The lowest BCUT2D eigenvalue weighted by Gasteiger charge is -2.12. The lowest BCUT2D eigenvalue weighted by atomic mass is 10.1. The van der Waals surface area contributed by atoms with E-state index in [1.807, 2.05) is 13.8 Å². The Bertz CT molecular complexity index is 563. The number of nitrogens with two attached hydrogens (primary N) is 1. The molecule has 0 unspecified atom stereocenters. The van der Waals surface area contributed by atoms with Gasteiger partial charge >= 0.3 is 0 Å². The fraction of sp³-hybridized carbons (Fsp3) is 0.571. The molecule has 1 aliphatic rings. The third-order valence-electron chi connectivity index (χ3n) is 3.71. The first kappa shape index (κ1) is 14.3. The molecule has 0 bridgehead atoms. The fourth-order valence-corrected chi connectivity index (χ4v) is 3.64. The van der Waals surface area contributed by atoms with Gasteiger partial charge in [-0.2, -0.15) is 0 Å². The molecule has 0 spiro atoms. The van der Waals surface area contributed by atoms with Crippen molar-refractivity contribution in [2.45, 2.75) is 44.4 Å². The molecule has 5 heteroatoms. The molecule has 106 valence electrons. The summed E-state index contributed by atoms with van der Waals surface area (Å²) in [5.74, 6) is 0.834. The standard InChI is InChI=1S/C14H22N2O2S/c1-10-8-13(15)9-14(11(10)2)19(17,18)16-7-3-4-12-5-6-12/h8-9,12,16H,3-7,15H2,1-2H3. The molecule has 1 saturated carbocycles. The van der Waals surface area contributed by atoms with E-state index in [1.165, 1.54) is 18.9 Å². The van der Waals surface area contributed by atoms with E-state index in [4.69, 9.17) is 5.73 Å². The monoisotopic (exact) mass is 282 g/mol. The normalized spacial score (nSPS) is 15.7. The van der Waals surface area contributed by atoms with Gasteiger partial charge in [-0.3, -0.25) is 0 Å². The maximum Gasteiger partial charge on any atom is 0.240 e. The van der Waals surface area contributed by atoms with Crippen molar-refractivity contribution in [3.8, 4) is 0 Å². The summed E-state index contributed by atoms with van der Waals surface area (Å²) in [6.45, 7) is 4.19. The molecule has 1 fully saturated rings. The molecule has 3 N–H and O–H groups in total. The predicted octanol–water partition coefficient (Wildman–Crippen LogP) is 2.35. The van der Waals surface area contributed by atoms with Crippen LogP contribution in [-0.4, -0.2) is 15.0 Å². The van der Waals surface area contributed by atoms with Crippen molar-refractivity contribution in [2.75, 3.05) is 12.3 Å². The van der Waals surface area contributed by atoms with Crippen LogP contribution in [0.3, 0.4) is 0 Å². The summed E-state index contributed by atoms with van der Waals surface area (Å²) < 4.78 is 27.2. The molecule has 19 heavy (non-hydrogen) atoms. The summed E-state index contributed by atoms with van der Waals surface area (Å²) >= 11 is 0. The number of sulfonamides is 1. The van der Waals surface area contributed by atoms with E-state index in [0.717, 1.165) is 29.9 Å². The molecular formula is C14H22N2O2S. The van der Waals surface area contributed by atoms with Crippen LogP contribution in [-0.2, 0) is 10.0 Å². The van der Waals surface area contributed by atoms with E-state index in [2.05, 4.69) is 4.72 Å². The molecule has 4 nitrogen and oxygen atoms in total. The minimum Gasteiger partial charge on any atom is -0.399 e. The van der Waals surface area contributed by atoms with E-state index in [0.29, 0.717) is 17.1 Å². The zero-order valence-corrected chi connectivity index (χ0v) is 12.4. The second kappa shape index (κ2) is 5.51. The Hall–Kier alpha value is -1.07. The highest BCUT2D eigenvalue weighted by Crippen LogP contribution is 2.33. The minimum atomic E-state index is -3.44. The van der Waals surface area contributed by atoms with Gasteiger partial charge in [0, 0.05) is 12.2 Å². The second-order valence-electron chi connectivity index (χ2n) is 5.44. The van der Waals surface area contributed by atoms with Gasteiger partial charge in [0.15, 0.2) is 0 Å². The maximum atomic E-state index is 12.3. The lowest BCUT2D eigenvalue weighted by Crippen LogP contribution is -2.26. The number of hydrogen-bond acceptors (Lipinski definition) is 3. The molecular weight excluding hydrogens is 260 g/mol. The van der Waals surface area contributed by atoms with Crippen LogP contribution < -0.4 is 10.5 Å². The van der Waals surface area contributed by atoms with Crippen LogP contribution in [0.5, 0.6) is 0 Å². The Labute approximate surface area is 115 Å². The van der Waals surface area contributed by atoms with Gasteiger partial charge in [0.1, 0.15) is 0 Å². The van der Waals surface area contributed by atoms with E-state index in [1.54, 1.807) is 6.07 Å². The Morgan fingerprint density at radius 3 is 2.63 bits per heavy atom. The summed E-state index contributed by atoms with van der Waals surface area (Å²) in [6.07, 6.45) is 4.64. The summed E-state index contributed by atoms with van der Waals surface area (Å²) in [6, 6.07) is 3.33. The molecule has 1 aromatic carbocycles. The van der Waals surface area contributed by atoms with Gasteiger partial charge < -0.3 is 5.73 Å². The molecule has 0 aliphatic heterocycles. The second-order valence-corrected chi connectivity index (χ2v) is 7.18. The van der Waals surface area contributed by atoms with Gasteiger partial charge in [0.25, 0.3) is 0 Å². The molecule has 0 radical (unpaired) electrons. The van der Waals surface area contributed by atoms with Gasteiger partial charge in [-0.25, -0.2) is 13.1 Å². The van der Waals surface area contributed by atoms with E-state index < -0.39 is 10.0 Å². The van der Waals surface area contributed by atoms with Crippen molar-refractivity contribution in [3.63, 3.8) is 0 Å². The molecule has 0 atom stereocenters. The number of benzene rings is 1. The van der Waals surface area contributed by atoms with E-state index >= 15 is 0 Å². The number of nitrogens with one attached hydrogen (secondary N) is 1. The maximum absolute atomic E-state index is 12.3. The van der Waals surface area contributed by atoms with Crippen LogP contribution >= 0.6 is 0 Å². The first-order valence-electron chi connectivity index (χ1n) is 6.76. The van der Waals surface area contributed by atoms with Crippen molar-refractivity contribution >= 4 is 15.7 Å². The van der Waals surface area contributed by atoms with Crippen molar-refractivity contribution in [3.05, 3.63) is 23.3 Å². The Kier molecular flexibility index (Phi) is 4.16. The van der Waals surface area contributed by atoms with Crippen LogP contribution in [0.4, 0.5) is 5.69 Å². The number of hydrogen-bond donors (Lipinski definition) is 2. The van der Waals surface area contributed by atoms with Gasteiger partial charge in [-0.1, -0.05) is 12.8 Å². The third kappa shape index (κ3) is 3.70. The summed E-state index contributed by atoms with van der Waals surface area (Å²) in [5.41, 5.74) is 7.89. The molecule has 1 aliphatic carbocycles. The molecule has 0 heterocycles. The van der Waals surface area contributed by atoms with Crippen molar-refractivity contribution in [1.29, 1.82) is 0 Å². The summed E-state index contributed by atoms with van der Waals surface area (Å²) in [4.78, 5) is 0.302. The van der Waals surface area contributed by atoms with Crippen LogP contribution in [0, 0.1) is 19.8 Å². The first-order chi connectivity index (χ1) is 8.90. The number of anilines is 1. The Morgan fingerprint density at radius 1 is 1.32 bits per heavy atom. The number of nitrogen functional groups attached to an aromatic ring is 1. The molecule has 2 rings (SSSR count). The molecule has 0 aromatic heterocycles. The fourth-order valence-electron chi connectivity index (χ4n) is 2.21. The minimum absolute atomic E-state index is 0.302. The topological polar surface area (TPSA) is 72.2 Å². The van der Waals surface area contributed by atoms with E-state index in [9.17, 15) is 8.42 Å². The van der Waals surface area contributed by atoms with Crippen molar-refractivity contribution in [1.82, 2.24) is 4.72 Å². The average molecular weight is 282 g/mol. The van der Waals surface area contributed by atoms with Gasteiger partial charge in [-0.05, 0) is 55.9 Å². The third-order valence-corrected chi connectivity index (χ3v) is 5.30. The van der Waals surface area contributed by atoms with Crippen LogP contribution in [0.2, 0.25) is 0 Å². The molecule has 0 saturated heterocycles. The smallest absolute Gasteiger partial charge is 0.240 e. The predicted molar refractivity (Wildman–Crippen MR) is 77.5 cm³/mol. The summed E-state index contributed by atoms with van der Waals surface area (Å²) in [5, 5.41) is 0. The highest BCUT2D eigenvalue weighted by atomic mass is 32.2. The largest absolute Gasteiger partial charge is 0.399 e.